The highest BCUT2D eigenvalue weighted by atomic mass is 79.9. The minimum Gasteiger partial charge on any atom is -0.396 e. The summed E-state index contributed by atoms with van der Waals surface area (Å²) in [4.78, 5) is 18.0. The van der Waals surface area contributed by atoms with Crippen molar-refractivity contribution in [2.75, 3.05) is 19.7 Å². The summed E-state index contributed by atoms with van der Waals surface area (Å²) in [7, 11) is 0. The van der Waals surface area contributed by atoms with E-state index in [1.54, 1.807) is 18.3 Å². The third kappa shape index (κ3) is 3.04. The second kappa shape index (κ2) is 5.60. The Hall–Kier alpha value is -0.940. The normalized spacial score (nSPS) is 20.4. The molecule has 5 heteroatoms. The molecular weight excluding hydrogens is 284 g/mol. The van der Waals surface area contributed by atoms with Crippen LogP contribution in [0.2, 0.25) is 0 Å². The summed E-state index contributed by atoms with van der Waals surface area (Å²) in [5.41, 5.74) is 0.644. The number of rotatable bonds is 2. The molecule has 0 aromatic carbocycles. The molecule has 1 aromatic heterocycles. The Morgan fingerprint density at radius 1 is 1.65 bits per heavy atom. The fourth-order valence-corrected chi connectivity index (χ4v) is 2.48. The van der Waals surface area contributed by atoms with Crippen LogP contribution in [0.25, 0.3) is 0 Å². The van der Waals surface area contributed by atoms with E-state index < -0.39 is 0 Å². The molecule has 1 aliphatic heterocycles. The number of hydrogen-bond donors (Lipinski definition) is 1. The molecule has 0 saturated carbocycles. The summed E-state index contributed by atoms with van der Waals surface area (Å²) < 4.78 is 0.666. The van der Waals surface area contributed by atoms with Gasteiger partial charge in [0.1, 0.15) is 4.60 Å². The van der Waals surface area contributed by atoms with Crippen molar-refractivity contribution in [3.8, 4) is 0 Å². The predicted molar refractivity (Wildman–Crippen MR) is 67.7 cm³/mol. The number of likely N-dealkylation sites (tertiary alicyclic amines) is 1. The zero-order valence-electron chi connectivity index (χ0n) is 9.47. The maximum Gasteiger partial charge on any atom is 0.254 e. The Labute approximate surface area is 109 Å². The number of carbonyl (C=O) groups is 1. The average Bonchev–Trinajstić information content (AvgIpc) is 2.38. The van der Waals surface area contributed by atoms with Gasteiger partial charge in [0.05, 0.1) is 0 Å². The van der Waals surface area contributed by atoms with Crippen LogP contribution in [0.3, 0.4) is 0 Å². The first-order chi connectivity index (χ1) is 8.20. The third-order valence-corrected chi connectivity index (χ3v) is 3.47. The number of aromatic nitrogens is 1. The van der Waals surface area contributed by atoms with Crippen molar-refractivity contribution in [3.63, 3.8) is 0 Å². The van der Waals surface area contributed by atoms with Crippen molar-refractivity contribution in [1.29, 1.82) is 0 Å². The van der Waals surface area contributed by atoms with E-state index in [1.807, 2.05) is 4.90 Å². The lowest BCUT2D eigenvalue weighted by atomic mass is 9.98. The fraction of sp³-hybridized carbons (Fsp3) is 0.500. The summed E-state index contributed by atoms with van der Waals surface area (Å²) in [6, 6.07) is 3.44. The minimum atomic E-state index is 0.0197. The molecule has 1 amide bonds. The summed E-state index contributed by atoms with van der Waals surface area (Å²) in [6.45, 7) is 1.58. The van der Waals surface area contributed by atoms with Crippen LogP contribution in [0.15, 0.2) is 22.9 Å². The molecule has 0 bridgehead atoms. The van der Waals surface area contributed by atoms with Gasteiger partial charge in [-0.15, -0.1) is 0 Å². The van der Waals surface area contributed by atoms with E-state index in [-0.39, 0.29) is 18.4 Å². The molecule has 2 rings (SSSR count). The van der Waals surface area contributed by atoms with Gasteiger partial charge in [-0.3, -0.25) is 4.79 Å². The van der Waals surface area contributed by atoms with Crippen LogP contribution in [-0.4, -0.2) is 40.6 Å². The molecule has 92 valence electrons. The SMILES string of the molecule is O=C(c1ccnc(Br)c1)N1CCCC(CO)C1. The van der Waals surface area contributed by atoms with Crippen LogP contribution in [0.1, 0.15) is 23.2 Å². The standard InChI is InChI=1S/C12H15BrN2O2/c13-11-6-10(3-4-14-11)12(17)15-5-1-2-9(7-15)8-16/h3-4,6,9,16H,1-2,5,7-8H2. The van der Waals surface area contributed by atoms with Crippen LogP contribution in [0.4, 0.5) is 0 Å². The second-order valence-electron chi connectivity index (χ2n) is 4.31. The van der Waals surface area contributed by atoms with E-state index in [0.717, 1.165) is 19.4 Å². The topological polar surface area (TPSA) is 53.4 Å². The van der Waals surface area contributed by atoms with Gasteiger partial charge in [0.25, 0.3) is 5.91 Å². The van der Waals surface area contributed by atoms with Gasteiger partial charge >= 0.3 is 0 Å². The monoisotopic (exact) mass is 298 g/mol. The van der Waals surface area contributed by atoms with E-state index in [4.69, 9.17) is 5.11 Å². The van der Waals surface area contributed by atoms with Crippen molar-refractivity contribution in [3.05, 3.63) is 28.5 Å². The average molecular weight is 299 g/mol. The fourth-order valence-electron chi connectivity index (χ4n) is 2.12. The smallest absolute Gasteiger partial charge is 0.254 e. The predicted octanol–water partition coefficient (Wildman–Crippen LogP) is 1.69. The van der Waals surface area contributed by atoms with Gasteiger partial charge in [0.15, 0.2) is 0 Å². The highest BCUT2D eigenvalue weighted by Crippen LogP contribution is 2.18. The van der Waals surface area contributed by atoms with Crippen LogP contribution in [-0.2, 0) is 0 Å². The van der Waals surface area contributed by atoms with E-state index in [0.29, 0.717) is 16.7 Å². The number of aliphatic hydroxyl groups excluding tert-OH is 1. The van der Waals surface area contributed by atoms with Gasteiger partial charge in [0.2, 0.25) is 0 Å². The van der Waals surface area contributed by atoms with Crippen LogP contribution in [0, 0.1) is 5.92 Å². The first kappa shape index (κ1) is 12.5. The number of pyridine rings is 1. The zero-order chi connectivity index (χ0) is 12.3. The molecule has 2 heterocycles. The summed E-state index contributed by atoms with van der Waals surface area (Å²) in [6.07, 6.45) is 3.58. The molecule has 1 aliphatic rings. The zero-order valence-corrected chi connectivity index (χ0v) is 11.1. The molecule has 1 N–H and O–H groups in total. The van der Waals surface area contributed by atoms with E-state index in [2.05, 4.69) is 20.9 Å². The number of piperidine rings is 1. The summed E-state index contributed by atoms with van der Waals surface area (Å²) in [5, 5.41) is 9.15. The molecule has 1 unspecified atom stereocenters. The molecule has 0 radical (unpaired) electrons. The second-order valence-corrected chi connectivity index (χ2v) is 5.12. The number of nitrogens with zero attached hydrogens (tertiary/aromatic N) is 2. The largest absolute Gasteiger partial charge is 0.396 e. The van der Waals surface area contributed by atoms with Crippen LogP contribution >= 0.6 is 15.9 Å². The lowest BCUT2D eigenvalue weighted by Gasteiger charge is -2.31. The molecule has 1 aromatic rings. The van der Waals surface area contributed by atoms with Crippen molar-refractivity contribution in [2.24, 2.45) is 5.92 Å². The lowest BCUT2D eigenvalue weighted by Crippen LogP contribution is -2.40. The van der Waals surface area contributed by atoms with Crippen molar-refractivity contribution in [2.45, 2.75) is 12.8 Å². The Bertz CT molecular complexity index is 411. The first-order valence-corrected chi connectivity index (χ1v) is 6.51. The highest BCUT2D eigenvalue weighted by Gasteiger charge is 2.23. The van der Waals surface area contributed by atoms with Crippen molar-refractivity contribution >= 4 is 21.8 Å². The quantitative estimate of drug-likeness (QED) is 0.846. The number of amides is 1. The van der Waals surface area contributed by atoms with Gasteiger partial charge in [-0.25, -0.2) is 4.98 Å². The molecule has 17 heavy (non-hydrogen) atoms. The number of hydrogen-bond acceptors (Lipinski definition) is 3. The van der Waals surface area contributed by atoms with Gasteiger partial charge in [-0.2, -0.15) is 0 Å². The first-order valence-electron chi connectivity index (χ1n) is 5.72. The molecule has 4 nitrogen and oxygen atoms in total. The van der Waals surface area contributed by atoms with Crippen LogP contribution < -0.4 is 0 Å². The Kier molecular flexibility index (Phi) is 4.12. The minimum absolute atomic E-state index is 0.0197. The van der Waals surface area contributed by atoms with E-state index in [9.17, 15) is 4.79 Å². The molecule has 1 saturated heterocycles. The summed E-state index contributed by atoms with van der Waals surface area (Å²) in [5.74, 6) is 0.240. The highest BCUT2D eigenvalue weighted by molar-refractivity contribution is 9.10. The lowest BCUT2D eigenvalue weighted by molar-refractivity contribution is 0.0620. The van der Waals surface area contributed by atoms with E-state index in [1.165, 1.54) is 0 Å². The van der Waals surface area contributed by atoms with E-state index >= 15 is 0 Å². The van der Waals surface area contributed by atoms with Crippen molar-refractivity contribution in [1.82, 2.24) is 9.88 Å². The molecule has 1 atom stereocenters. The van der Waals surface area contributed by atoms with Gasteiger partial charge in [-0.1, -0.05) is 0 Å². The number of halogens is 1. The van der Waals surface area contributed by atoms with Gasteiger partial charge in [0, 0.05) is 31.5 Å². The number of aliphatic hydroxyl groups is 1. The third-order valence-electron chi connectivity index (χ3n) is 3.04. The summed E-state index contributed by atoms with van der Waals surface area (Å²) >= 11 is 3.26. The molecular formula is C12H15BrN2O2. The van der Waals surface area contributed by atoms with Gasteiger partial charge in [-0.05, 0) is 46.8 Å². The molecule has 0 aliphatic carbocycles. The van der Waals surface area contributed by atoms with Gasteiger partial charge < -0.3 is 10.0 Å². The molecule has 1 fully saturated rings. The Balaban J connectivity index is 2.09. The van der Waals surface area contributed by atoms with Crippen molar-refractivity contribution < 1.29 is 9.90 Å². The molecule has 0 spiro atoms. The maximum atomic E-state index is 12.2. The Morgan fingerprint density at radius 3 is 3.18 bits per heavy atom. The van der Waals surface area contributed by atoms with Crippen LogP contribution in [0.5, 0.6) is 0 Å². The maximum absolute atomic E-state index is 12.2. The number of carbonyl (C=O) groups excluding carboxylic acids is 1. The Morgan fingerprint density at radius 2 is 2.47 bits per heavy atom.